The standard InChI is InChI=1S/C19H21N7O/c1-12-10-21-17(22-12)19(27)26-9-6-14-15(11-26)23-16(24-18(14)25(2)3)13-4-7-20-8-5-13/h4-5,7-8,10H,6,9,11H2,1-3H3,(H,21,22). The third-order valence-corrected chi connectivity index (χ3v) is 4.60. The molecule has 0 radical (unpaired) electrons. The molecule has 1 aliphatic heterocycles. The molecule has 0 saturated heterocycles. The smallest absolute Gasteiger partial charge is 0.290 e. The topological polar surface area (TPSA) is 90.9 Å². The average molecular weight is 363 g/mol. The second-order valence-electron chi connectivity index (χ2n) is 6.82. The van der Waals surface area contributed by atoms with E-state index in [2.05, 4.69) is 15.0 Å². The van der Waals surface area contributed by atoms with Crippen LogP contribution in [0.4, 0.5) is 5.82 Å². The Morgan fingerprint density at radius 2 is 2.00 bits per heavy atom. The van der Waals surface area contributed by atoms with Crippen molar-refractivity contribution >= 4 is 11.7 Å². The minimum atomic E-state index is -0.107. The molecule has 1 aliphatic rings. The summed E-state index contributed by atoms with van der Waals surface area (Å²) >= 11 is 0. The number of imidazole rings is 1. The number of pyridine rings is 1. The van der Waals surface area contributed by atoms with Gasteiger partial charge in [0.15, 0.2) is 11.6 Å². The van der Waals surface area contributed by atoms with Crippen LogP contribution in [0, 0.1) is 6.92 Å². The summed E-state index contributed by atoms with van der Waals surface area (Å²) in [5.41, 5.74) is 3.75. The van der Waals surface area contributed by atoms with Crippen molar-refractivity contribution in [1.82, 2.24) is 29.8 Å². The number of amides is 1. The van der Waals surface area contributed by atoms with Crippen molar-refractivity contribution in [3.63, 3.8) is 0 Å². The molecule has 0 spiro atoms. The first-order valence-corrected chi connectivity index (χ1v) is 8.81. The van der Waals surface area contributed by atoms with E-state index in [0.29, 0.717) is 31.2 Å². The Hall–Kier alpha value is -3.29. The molecule has 4 heterocycles. The molecule has 27 heavy (non-hydrogen) atoms. The van der Waals surface area contributed by atoms with Gasteiger partial charge in [-0.15, -0.1) is 0 Å². The highest BCUT2D eigenvalue weighted by Gasteiger charge is 2.28. The van der Waals surface area contributed by atoms with Gasteiger partial charge in [-0.05, 0) is 25.5 Å². The Labute approximate surface area is 157 Å². The predicted octanol–water partition coefficient (Wildman–Crippen LogP) is 1.83. The molecule has 0 fully saturated rings. The number of anilines is 1. The first-order valence-electron chi connectivity index (χ1n) is 8.81. The molecular formula is C19H21N7O. The van der Waals surface area contributed by atoms with Crippen LogP contribution < -0.4 is 4.90 Å². The summed E-state index contributed by atoms with van der Waals surface area (Å²) in [6.45, 7) is 2.94. The highest BCUT2D eigenvalue weighted by Crippen LogP contribution is 2.28. The number of aromatic amines is 1. The van der Waals surface area contributed by atoms with Gasteiger partial charge < -0.3 is 14.8 Å². The van der Waals surface area contributed by atoms with Crippen molar-refractivity contribution in [2.45, 2.75) is 19.9 Å². The van der Waals surface area contributed by atoms with E-state index < -0.39 is 0 Å². The summed E-state index contributed by atoms with van der Waals surface area (Å²) in [6.07, 6.45) is 5.83. The lowest BCUT2D eigenvalue weighted by atomic mass is 10.0. The minimum Gasteiger partial charge on any atom is -0.362 e. The monoisotopic (exact) mass is 363 g/mol. The number of hydrogen-bond donors (Lipinski definition) is 1. The van der Waals surface area contributed by atoms with E-state index in [1.165, 1.54) is 0 Å². The van der Waals surface area contributed by atoms with Crippen LogP contribution in [0.1, 0.15) is 27.6 Å². The summed E-state index contributed by atoms with van der Waals surface area (Å²) in [5.74, 6) is 1.80. The maximum absolute atomic E-state index is 12.8. The van der Waals surface area contributed by atoms with Crippen LogP contribution in [0.25, 0.3) is 11.4 Å². The molecule has 0 aromatic carbocycles. The molecule has 3 aromatic rings. The molecule has 0 saturated carbocycles. The minimum absolute atomic E-state index is 0.107. The molecule has 1 amide bonds. The molecule has 8 nitrogen and oxygen atoms in total. The number of hydrogen-bond acceptors (Lipinski definition) is 6. The van der Waals surface area contributed by atoms with Crippen molar-refractivity contribution in [3.8, 4) is 11.4 Å². The number of rotatable bonds is 3. The SMILES string of the molecule is Cc1cnc(C(=O)N2CCc3c(nc(-c4ccncc4)nc3N(C)C)C2)[nH]1. The van der Waals surface area contributed by atoms with E-state index in [9.17, 15) is 4.79 Å². The molecule has 138 valence electrons. The zero-order chi connectivity index (χ0) is 19.0. The van der Waals surface area contributed by atoms with Crippen LogP contribution in [0.15, 0.2) is 30.7 Å². The van der Waals surface area contributed by atoms with Gasteiger partial charge in [-0.1, -0.05) is 0 Å². The number of nitrogens with zero attached hydrogens (tertiary/aromatic N) is 6. The largest absolute Gasteiger partial charge is 0.362 e. The summed E-state index contributed by atoms with van der Waals surface area (Å²) in [7, 11) is 3.95. The van der Waals surface area contributed by atoms with Crippen molar-refractivity contribution < 1.29 is 4.79 Å². The van der Waals surface area contributed by atoms with E-state index in [1.807, 2.05) is 38.1 Å². The highest BCUT2D eigenvalue weighted by molar-refractivity contribution is 5.90. The summed E-state index contributed by atoms with van der Waals surface area (Å²) in [5, 5.41) is 0. The Kier molecular flexibility index (Phi) is 4.31. The Morgan fingerprint density at radius 3 is 2.67 bits per heavy atom. The zero-order valence-corrected chi connectivity index (χ0v) is 15.6. The van der Waals surface area contributed by atoms with Gasteiger partial charge in [-0.25, -0.2) is 15.0 Å². The number of nitrogens with one attached hydrogen (secondary N) is 1. The van der Waals surface area contributed by atoms with E-state index >= 15 is 0 Å². The molecule has 3 aromatic heterocycles. The van der Waals surface area contributed by atoms with Gasteiger partial charge in [0.25, 0.3) is 5.91 Å². The number of H-pyrrole nitrogens is 1. The molecule has 0 atom stereocenters. The van der Waals surface area contributed by atoms with Gasteiger partial charge in [0.2, 0.25) is 0 Å². The van der Waals surface area contributed by atoms with Crippen LogP contribution in [0.2, 0.25) is 0 Å². The van der Waals surface area contributed by atoms with Gasteiger partial charge in [0, 0.05) is 56.1 Å². The van der Waals surface area contributed by atoms with E-state index in [1.54, 1.807) is 23.5 Å². The van der Waals surface area contributed by atoms with Crippen LogP contribution in [-0.2, 0) is 13.0 Å². The zero-order valence-electron chi connectivity index (χ0n) is 15.6. The molecule has 0 bridgehead atoms. The third-order valence-electron chi connectivity index (χ3n) is 4.60. The van der Waals surface area contributed by atoms with Gasteiger partial charge in [-0.2, -0.15) is 0 Å². The first kappa shape index (κ1) is 17.1. The fourth-order valence-corrected chi connectivity index (χ4v) is 3.26. The van der Waals surface area contributed by atoms with Gasteiger partial charge in [0.05, 0.1) is 12.2 Å². The first-order chi connectivity index (χ1) is 13.0. The second-order valence-corrected chi connectivity index (χ2v) is 6.82. The lowest BCUT2D eigenvalue weighted by Crippen LogP contribution is -2.38. The highest BCUT2D eigenvalue weighted by atomic mass is 16.2. The summed E-state index contributed by atoms with van der Waals surface area (Å²) in [6, 6.07) is 3.77. The molecule has 1 N–H and O–H groups in total. The van der Waals surface area contributed by atoms with Gasteiger partial charge >= 0.3 is 0 Å². The lowest BCUT2D eigenvalue weighted by molar-refractivity contribution is 0.0720. The van der Waals surface area contributed by atoms with Crippen LogP contribution >= 0.6 is 0 Å². The van der Waals surface area contributed by atoms with Crippen molar-refractivity contribution in [1.29, 1.82) is 0 Å². The fraction of sp³-hybridized carbons (Fsp3) is 0.316. The third kappa shape index (κ3) is 3.25. The van der Waals surface area contributed by atoms with Crippen molar-refractivity contribution in [2.75, 3.05) is 25.5 Å². The fourth-order valence-electron chi connectivity index (χ4n) is 3.26. The Morgan fingerprint density at radius 1 is 1.22 bits per heavy atom. The summed E-state index contributed by atoms with van der Waals surface area (Å²) in [4.78, 5) is 37.3. The predicted molar refractivity (Wildman–Crippen MR) is 101 cm³/mol. The quantitative estimate of drug-likeness (QED) is 0.763. The van der Waals surface area contributed by atoms with Crippen molar-refractivity contribution in [3.05, 3.63) is 53.5 Å². The van der Waals surface area contributed by atoms with E-state index in [0.717, 1.165) is 28.3 Å². The maximum Gasteiger partial charge on any atom is 0.290 e. The van der Waals surface area contributed by atoms with Crippen LogP contribution in [-0.4, -0.2) is 56.4 Å². The van der Waals surface area contributed by atoms with E-state index in [-0.39, 0.29) is 5.91 Å². The van der Waals surface area contributed by atoms with Gasteiger partial charge in [0.1, 0.15) is 5.82 Å². The normalized spacial score (nSPS) is 13.4. The van der Waals surface area contributed by atoms with Crippen molar-refractivity contribution in [2.24, 2.45) is 0 Å². The molecule has 4 rings (SSSR count). The van der Waals surface area contributed by atoms with Crippen LogP contribution in [0.3, 0.4) is 0 Å². The average Bonchev–Trinajstić information content (AvgIpc) is 3.13. The Bertz CT molecular complexity index is 981. The van der Waals surface area contributed by atoms with E-state index in [4.69, 9.17) is 9.97 Å². The number of carbonyl (C=O) groups excluding carboxylic acids is 1. The number of carbonyl (C=O) groups is 1. The van der Waals surface area contributed by atoms with Crippen LogP contribution in [0.5, 0.6) is 0 Å². The number of fused-ring (bicyclic) bond motifs is 1. The maximum atomic E-state index is 12.8. The molecular weight excluding hydrogens is 342 g/mol. The molecule has 8 heteroatoms. The molecule has 0 aliphatic carbocycles. The lowest BCUT2D eigenvalue weighted by Gasteiger charge is -2.30. The number of aromatic nitrogens is 5. The second kappa shape index (κ2) is 6.79. The summed E-state index contributed by atoms with van der Waals surface area (Å²) < 4.78 is 0. The van der Waals surface area contributed by atoms with Gasteiger partial charge in [-0.3, -0.25) is 9.78 Å². The Balaban J connectivity index is 1.71. The molecule has 0 unspecified atom stereocenters. The number of aryl methyl sites for hydroxylation is 1.